The molecule has 0 nitrogen and oxygen atoms in total. The molecule has 0 N–H and O–H groups in total. The maximum absolute atomic E-state index is 14.2. The Morgan fingerprint density at radius 2 is 1.58 bits per heavy atom. The minimum absolute atomic E-state index is 0.185. The van der Waals surface area contributed by atoms with Crippen LogP contribution in [0.1, 0.15) is 56.6 Å². The lowest BCUT2D eigenvalue weighted by Gasteiger charge is -2.26. The van der Waals surface area contributed by atoms with Crippen LogP contribution in [0.3, 0.4) is 0 Å². The fourth-order valence-electron chi connectivity index (χ4n) is 3.04. The summed E-state index contributed by atoms with van der Waals surface area (Å²) in [5.74, 6) is -2.60. The van der Waals surface area contributed by atoms with Crippen molar-refractivity contribution < 1.29 is 17.6 Å². The first kappa shape index (κ1) is 18.5. The van der Waals surface area contributed by atoms with E-state index in [9.17, 15) is 17.6 Å². The molecule has 130 valence electrons. The van der Waals surface area contributed by atoms with Gasteiger partial charge in [-0.15, -0.1) is 0 Å². The van der Waals surface area contributed by atoms with Gasteiger partial charge in [-0.3, -0.25) is 0 Å². The average molecular weight is 338 g/mol. The second kappa shape index (κ2) is 8.32. The SMILES string of the molecule is C\C=C(F)/C(F)=C\C=C\c1c(F)cc(C2CCC(C)CC2)cc1F. The van der Waals surface area contributed by atoms with Crippen LogP contribution in [-0.2, 0) is 0 Å². The highest BCUT2D eigenvalue weighted by Crippen LogP contribution is 2.36. The molecule has 0 bridgehead atoms. The van der Waals surface area contributed by atoms with Crippen LogP contribution in [0.15, 0.2) is 42.0 Å². The highest BCUT2D eigenvalue weighted by Gasteiger charge is 2.21. The number of hydrogen-bond donors (Lipinski definition) is 0. The van der Waals surface area contributed by atoms with Crippen molar-refractivity contribution in [1.29, 1.82) is 0 Å². The van der Waals surface area contributed by atoms with Gasteiger partial charge in [0, 0.05) is 5.56 Å². The molecule has 0 aliphatic heterocycles. The van der Waals surface area contributed by atoms with Crippen LogP contribution in [0.4, 0.5) is 17.6 Å². The number of allylic oxidation sites excluding steroid dienone is 5. The summed E-state index contributed by atoms with van der Waals surface area (Å²) in [4.78, 5) is 0. The number of hydrogen-bond acceptors (Lipinski definition) is 0. The highest BCUT2D eigenvalue weighted by atomic mass is 19.2. The Hall–Kier alpha value is -1.84. The van der Waals surface area contributed by atoms with E-state index < -0.39 is 23.3 Å². The fourth-order valence-corrected chi connectivity index (χ4v) is 3.04. The molecule has 0 atom stereocenters. The molecule has 0 amide bonds. The summed E-state index contributed by atoms with van der Waals surface area (Å²) in [6, 6.07) is 2.71. The Labute approximate surface area is 140 Å². The molecule has 0 saturated heterocycles. The summed E-state index contributed by atoms with van der Waals surface area (Å²) >= 11 is 0. The molecule has 1 aromatic rings. The summed E-state index contributed by atoms with van der Waals surface area (Å²) in [6.45, 7) is 3.55. The van der Waals surface area contributed by atoms with E-state index in [-0.39, 0.29) is 11.5 Å². The molecule has 2 rings (SSSR count). The van der Waals surface area contributed by atoms with Crippen LogP contribution in [0.5, 0.6) is 0 Å². The molecule has 0 heterocycles. The Morgan fingerprint density at radius 3 is 2.12 bits per heavy atom. The van der Waals surface area contributed by atoms with E-state index in [0.717, 1.165) is 50.0 Å². The first-order valence-electron chi connectivity index (χ1n) is 8.27. The van der Waals surface area contributed by atoms with E-state index in [1.54, 1.807) is 0 Å². The van der Waals surface area contributed by atoms with E-state index in [4.69, 9.17) is 0 Å². The normalized spacial score (nSPS) is 23.1. The van der Waals surface area contributed by atoms with Gasteiger partial charge in [-0.2, -0.15) is 0 Å². The monoisotopic (exact) mass is 338 g/mol. The van der Waals surface area contributed by atoms with Crippen LogP contribution in [0, 0.1) is 17.6 Å². The molecule has 0 aromatic heterocycles. The van der Waals surface area contributed by atoms with Crippen LogP contribution in [-0.4, -0.2) is 0 Å². The Kier molecular flexibility index (Phi) is 6.41. The van der Waals surface area contributed by atoms with Crippen molar-refractivity contribution in [1.82, 2.24) is 0 Å². The zero-order chi connectivity index (χ0) is 17.7. The molecule has 0 radical (unpaired) electrons. The van der Waals surface area contributed by atoms with Crippen LogP contribution >= 0.6 is 0 Å². The third kappa shape index (κ3) is 4.59. The molecule has 1 aliphatic rings. The quantitative estimate of drug-likeness (QED) is 0.409. The predicted molar refractivity (Wildman–Crippen MR) is 89.8 cm³/mol. The molecule has 1 fully saturated rings. The molecule has 0 spiro atoms. The average Bonchev–Trinajstić information content (AvgIpc) is 2.56. The first-order valence-corrected chi connectivity index (χ1v) is 8.27. The van der Waals surface area contributed by atoms with Gasteiger partial charge in [-0.25, -0.2) is 17.6 Å². The van der Waals surface area contributed by atoms with Gasteiger partial charge in [0.05, 0.1) is 0 Å². The van der Waals surface area contributed by atoms with Crippen LogP contribution in [0.2, 0.25) is 0 Å². The lowest BCUT2D eigenvalue weighted by atomic mass is 9.79. The van der Waals surface area contributed by atoms with Crippen LogP contribution < -0.4 is 0 Å². The van der Waals surface area contributed by atoms with Crippen molar-refractivity contribution >= 4 is 6.08 Å². The van der Waals surface area contributed by atoms with Gasteiger partial charge in [-0.05, 0) is 67.5 Å². The van der Waals surface area contributed by atoms with Crippen molar-refractivity contribution in [3.63, 3.8) is 0 Å². The summed E-state index contributed by atoms with van der Waals surface area (Å²) in [6.07, 6.45) is 8.02. The molecule has 1 aliphatic carbocycles. The maximum atomic E-state index is 14.2. The second-order valence-corrected chi connectivity index (χ2v) is 6.37. The standard InChI is InChI=1S/C20H22F4/c1-3-17(21)18(22)6-4-5-16-19(23)11-15(12-20(16)24)14-9-7-13(2)8-10-14/h3-6,11-14H,7-10H2,1-2H3/b5-4+,17-3+,18-6+. The third-order valence-electron chi connectivity index (χ3n) is 4.58. The molecular weight excluding hydrogens is 316 g/mol. The minimum atomic E-state index is -1.08. The number of rotatable bonds is 4. The molecule has 24 heavy (non-hydrogen) atoms. The largest absolute Gasteiger partial charge is 0.206 e. The van der Waals surface area contributed by atoms with Gasteiger partial charge >= 0.3 is 0 Å². The molecule has 4 heteroatoms. The zero-order valence-electron chi connectivity index (χ0n) is 14.0. The summed E-state index contributed by atoms with van der Waals surface area (Å²) in [5.41, 5.74) is 0.434. The summed E-state index contributed by atoms with van der Waals surface area (Å²) < 4.78 is 54.6. The van der Waals surface area contributed by atoms with Crippen molar-refractivity contribution in [3.8, 4) is 0 Å². The van der Waals surface area contributed by atoms with Crippen molar-refractivity contribution in [2.45, 2.75) is 45.4 Å². The second-order valence-electron chi connectivity index (χ2n) is 6.37. The fraction of sp³-hybridized carbons (Fsp3) is 0.400. The van der Waals surface area contributed by atoms with E-state index in [2.05, 4.69) is 6.92 Å². The lowest BCUT2D eigenvalue weighted by molar-refractivity contribution is 0.346. The topological polar surface area (TPSA) is 0 Å². The van der Waals surface area contributed by atoms with Crippen molar-refractivity contribution in [3.05, 3.63) is 64.8 Å². The van der Waals surface area contributed by atoms with Crippen LogP contribution in [0.25, 0.3) is 6.08 Å². The molecule has 1 aromatic carbocycles. The first-order chi connectivity index (χ1) is 11.4. The van der Waals surface area contributed by atoms with E-state index in [1.807, 2.05) is 0 Å². The maximum Gasteiger partial charge on any atom is 0.158 e. The van der Waals surface area contributed by atoms with Gasteiger partial charge in [0.25, 0.3) is 0 Å². The zero-order valence-corrected chi connectivity index (χ0v) is 14.0. The number of benzene rings is 1. The van der Waals surface area contributed by atoms with E-state index >= 15 is 0 Å². The minimum Gasteiger partial charge on any atom is -0.206 e. The molecule has 1 saturated carbocycles. The van der Waals surface area contributed by atoms with Gasteiger partial charge in [0.1, 0.15) is 11.6 Å². The van der Waals surface area contributed by atoms with Gasteiger partial charge in [-0.1, -0.05) is 25.8 Å². The molecular formula is C20H22F4. The number of halogens is 4. The van der Waals surface area contributed by atoms with Crippen molar-refractivity contribution in [2.75, 3.05) is 0 Å². The third-order valence-corrected chi connectivity index (χ3v) is 4.58. The Bertz CT molecular complexity index is 639. The van der Waals surface area contributed by atoms with E-state index in [1.165, 1.54) is 19.1 Å². The van der Waals surface area contributed by atoms with Gasteiger partial charge in [0.15, 0.2) is 11.7 Å². The Morgan fingerprint density at radius 1 is 1.00 bits per heavy atom. The van der Waals surface area contributed by atoms with E-state index in [0.29, 0.717) is 11.5 Å². The summed E-state index contributed by atoms with van der Waals surface area (Å²) in [7, 11) is 0. The van der Waals surface area contributed by atoms with Gasteiger partial charge < -0.3 is 0 Å². The lowest BCUT2D eigenvalue weighted by Crippen LogP contribution is -2.11. The summed E-state index contributed by atoms with van der Waals surface area (Å²) in [5, 5.41) is 0. The smallest absolute Gasteiger partial charge is 0.158 e. The van der Waals surface area contributed by atoms with Crippen molar-refractivity contribution in [2.24, 2.45) is 5.92 Å². The molecule has 0 unspecified atom stereocenters. The predicted octanol–water partition coefficient (Wildman–Crippen LogP) is 7.00. The Balaban J connectivity index is 2.18. The van der Waals surface area contributed by atoms with Gasteiger partial charge in [0.2, 0.25) is 0 Å². The highest BCUT2D eigenvalue weighted by molar-refractivity contribution is 5.54.